The molecule has 0 amide bonds. The Kier molecular flexibility index (Phi) is 8.46. The van der Waals surface area contributed by atoms with Crippen LogP contribution in [-0.2, 0) is 9.53 Å². The Labute approximate surface area is 172 Å². The first-order chi connectivity index (χ1) is 13.9. The van der Waals surface area contributed by atoms with Gasteiger partial charge in [0.15, 0.2) is 5.78 Å². The van der Waals surface area contributed by atoms with E-state index >= 15 is 0 Å². The third kappa shape index (κ3) is 6.79. The van der Waals surface area contributed by atoms with Crippen molar-refractivity contribution in [2.24, 2.45) is 0 Å². The summed E-state index contributed by atoms with van der Waals surface area (Å²) in [4.78, 5) is 24.0. The number of ketones is 1. The molecule has 5 heteroatoms. The van der Waals surface area contributed by atoms with Crippen molar-refractivity contribution in [3.05, 3.63) is 71.8 Å². The fraction of sp³-hybridized carbons (Fsp3) is 0.333. The molecule has 154 valence electrons. The summed E-state index contributed by atoms with van der Waals surface area (Å²) in [5.41, 5.74) is 1.14. The highest BCUT2D eigenvalue weighted by Crippen LogP contribution is 2.27. The van der Waals surface area contributed by atoms with Crippen LogP contribution in [0.1, 0.15) is 55.5 Å². The number of carbonyl (C=O) groups excluding carboxylic acids is 2. The van der Waals surface area contributed by atoms with Gasteiger partial charge in [0.25, 0.3) is 0 Å². The highest BCUT2D eigenvalue weighted by Gasteiger charge is 2.16. The molecule has 1 unspecified atom stereocenters. The summed E-state index contributed by atoms with van der Waals surface area (Å²) >= 11 is 0. The molecule has 0 aliphatic rings. The Balaban J connectivity index is 1.97. The summed E-state index contributed by atoms with van der Waals surface area (Å²) in [5.74, 6) is -0.230. The van der Waals surface area contributed by atoms with Gasteiger partial charge in [-0.05, 0) is 38.3 Å². The first-order valence-electron chi connectivity index (χ1n) is 9.84. The predicted octanol–water partition coefficient (Wildman–Crippen LogP) is 5.07. The Hall–Kier alpha value is -3.08. The lowest BCUT2D eigenvalue weighted by Gasteiger charge is -2.19. The number of hydrogen-bond donors (Lipinski definition) is 1. The van der Waals surface area contributed by atoms with Crippen molar-refractivity contribution in [3.8, 4) is 11.5 Å². The van der Waals surface area contributed by atoms with Crippen LogP contribution in [0, 0.1) is 0 Å². The Morgan fingerprint density at radius 2 is 1.83 bits per heavy atom. The maximum atomic E-state index is 12.5. The quantitative estimate of drug-likeness (QED) is 0.248. The molecule has 2 aromatic rings. The molecule has 0 bridgehead atoms. The molecular weight excluding hydrogens is 368 g/mol. The lowest BCUT2D eigenvalue weighted by Crippen LogP contribution is -2.18. The Morgan fingerprint density at radius 3 is 2.45 bits per heavy atom. The zero-order valence-corrected chi connectivity index (χ0v) is 17.0. The first-order valence-corrected chi connectivity index (χ1v) is 9.84. The van der Waals surface area contributed by atoms with Gasteiger partial charge in [0, 0.05) is 17.2 Å². The van der Waals surface area contributed by atoms with Gasteiger partial charge in [0.1, 0.15) is 11.5 Å². The van der Waals surface area contributed by atoms with E-state index in [1.54, 1.807) is 43.3 Å². The molecule has 0 aliphatic heterocycles. The summed E-state index contributed by atoms with van der Waals surface area (Å²) in [6, 6.07) is 13.6. The molecule has 0 saturated carbocycles. The van der Waals surface area contributed by atoms with Crippen molar-refractivity contribution in [2.45, 2.75) is 45.6 Å². The minimum atomic E-state index is -0.387. The average molecular weight is 396 g/mol. The second-order valence-corrected chi connectivity index (χ2v) is 6.96. The van der Waals surface area contributed by atoms with Crippen molar-refractivity contribution >= 4 is 11.8 Å². The van der Waals surface area contributed by atoms with Crippen molar-refractivity contribution in [3.63, 3.8) is 0 Å². The van der Waals surface area contributed by atoms with Gasteiger partial charge in [0.2, 0.25) is 0 Å². The Bertz CT molecular complexity index is 842. The van der Waals surface area contributed by atoms with Crippen LogP contribution in [0.2, 0.25) is 0 Å². The van der Waals surface area contributed by atoms with Gasteiger partial charge in [-0.3, -0.25) is 4.79 Å². The Morgan fingerprint density at radius 1 is 1.10 bits per heavy atom. The summed E-state index contributed by atoms with van der Waals surface area (Å²) in [6.07, 6.45) is 3.08. The normalized spacial score (nSPS) is 11.5. The number of esters is 1. The van der Waals surface area contributed by atoms with Crippen molar-refractivity contribution in [2.75, 3.05) is 6.61 Å². The van der Waals surface area contributed by atoms with Crippen LogP contribution in [0.15, 0.2) is 60.7 Å². The predicted molar refractivity (Wildman–Crippen MR) is 112 cm³/mol. The molecule has 5 nitrogen and oxygen atoms in total. The van der Waals surface area contributed by atoms with E-state index in [1.165, 1.54) is 6.07 Å². The van der Waals surface area contributed by atoms with Crippen LogP contribution in [0.3, 0.4) is 0 Å². The van der Waals surface area contributed by atoms with Gasteiger partial charge >= 0.3 is 5.97 Å². The van der Waals surface area contributed by atoms with E-state index in [0.717, 1.165) is 12.8 Å². The summed E-state index contributed by atoms with van der Waals surface area (Å²) in [6.45, 7) is 7.55. The van der Waals surface area contributed by atoms with E-state index in [0.29, 0.717) is 36.3 Å². The second-order valence-electron chi connectivity index (χ2n) is 6.96. The maximum absolute atomic E-state index is 12.5. The number of phenols is 1. The highest BCUT2D eigenvalue weighted by molar-refractivity contribution is 6.10. The van der Waals surface area contributed by atoms with Gasteiger partial charge in [-0.2, -0.15) is 0 Å². The van der Waals surface area contributed by atoms with Gasteiger partial charge < -0.3 is 14.6 Å². The van der Waals surface area contributed by atoms with Crippen molar-refractivity contribution < 1.29 is 24.2 Å². The lowest BCUT2D eigenvalue weighted by atomic mass is 10.0. The van der Waals surface area contributed by atoms with Gasteiger partial charge in [0.05, 0.1) is 18.3 Å². The number of rotatable bonds is 11. The van der Waals surface area contributed by atoms with Crippen LogP contribution >= 0.6 is 0 Å². The molecule has 1 atom stereocenters. The summed E-state index contributed by atoms with van der Waals surface area (Å²) in [5, 5.41) is 10.3. The van der Waals surface area contributed by atoms with E-state index in [1.807, 2.05) is 6.07 Å². The van der Waals surface area contributed by atoms with E-state index < -0.39 is 0 Å². The van der Waals surface area contributed by atoms with Gasteiger partial charge in [-0.25, -0.2) is 4.79 Å². The van der Waals surface area contributed by atoms with E-state index in [4.69, 9.17) is 9.47 Å². The van der Waals surface area contributed by atoms with E-state index in [9.17, 15) is 14.7 Å². The molecule has 0 heterocycles. The number of carbonyl (C=O) groups is 2. The third-order valence-corrected chi connectivity index (χ3v) is 4.42. The summed E-state index contributed by atoms with van der Waals surface area (Å²) in [7, 11) is 0. The molecule has 1 N–H and O–H groups in total. The SMILES string of the molecule is C=C(C)C(=O)OCCCC(CCC)Oc1ccc(C(=O)c2ccccc2)c(O)c1. The zero-order valence-electron chi connectivity index (χ0n) is 17.0. The van der Waals surface area contributed by atoms with Crippen LogP contribution in [-0.4, -0.2) is 29.6 Å². The molecule has 0 aliphatic carbocycles. The average Bonchev–Trinajstić information content (AvgIpc) is 2.71. The van der Waals surface area contributed by atoms with Crippen LogP contribution in [0.4, 0.5) is 0 Å². The second kappa shape index (κ2) is 11.1. The first kappa shape index (κ1) is 22.2. The van der Waals surface area contributed by atoms with Gasteiger partial charge in [-0.1, -0.05) is 50.3 Å². The molecule has 2 rings (SSSR count). The molecule has 0 radical (unpaired) electrons. The molecule has 0 aromatic heterocycles. The van der Waals surface area contributed by atoms with Crippen LogP contribution in [0.25, 0.3) is 0 Å². The van der Waals surface area contributed by atoms with E-state index in [2.05, 4.69) is 13.5 Å². The zero-order chi connectivity index (χ0) is 21.2. The highest BCUT2D eigenvalue weighted by atomic mass is 16.5. The molecule has 0 fully saturated rings. The number of aromatic hydroxyl groups is 1. The maximum Gasteiger partial charge on any atom is 0.333 e. The minimum absolute atomic E-state index is 0.0707. The van der Waals surface area contributed by atoms with Crippen LogP contribution < -0.4 is 4.74 Å². The van der Waals surface area contributed by atoms with Crippen LogP contribution in [0.5, 0.6) is 11.5 Å². The molecular formula is C24H28O5. The standard InChI is InChI=1S/C24H28O5/c1-4-9-19(12-8-15-28-24(27)17(2)3)29-20-13-14-21(22(25)16-20)23(26)18-10-6-5-7-11-18/h5-7,10-11,13-14,16,19,25H,2,4,8-9,12,15H2,1,3H3. The topological polar surface area (TPSA) is 72.8 Å². The molecule has 0 saturated heterocycles. The lowest BCUT2D eigenvalue weighted by molar-refractivity contribution is -0.139. The largest absolute Gasteiger partial charge is 0.507 e. The van der Waals surface area contributed by atoms with Gasteiger partial charge in [-0.15, -0.1) is 0 Å². The molecule has 29 heavy (non-hydrogen) atoms. The molecule has 0 spiro atoms. The van der Waals surface area contributed by atoms with Crippen molar-refractivity contribution in [1.82, 2.24) is 0 Å². The monoisotopic (exact) mass is 396 g/mol. The number of phenolic OH excluding ortho intramolecular Hbond substituents is 1. The fourth-order valence-electron chi connectivity index (χ4n) is 2.90. The fourth-order valence-corrected chi connectivity index (χ4v) is 2.90. The van der Waals surface area contributed by atoms with E-state index in [-0.39, 0.29) is 29.2 Å². The number of ether oxygens (including phenoxy) is 2. The number of hydrogen-bond acceptors (Lipinski definition) is 5. The third-order valence-electron chi connectivity index (χ3n) is 4.42. The number of benzene rings is 2. The summed E-state index contributed by atoms with van der Waals surface area (Å²) < 4.78 is 11.1. The minimum Gasteiger partial charge on any atom is -0.507 e. The smallest absolute Gasteiger partial charge is 0.333 e. The van der Waals surface area contributed by atoms with Crippen molar-refractivity contribution in [1.29, 1.82) is 0 Å². The molecule has 2 aromatic carbocycles.